The number of aryl methyl sites for hydroxylation is 1. The summed E-state index contributed by atoms with van der Waals surface area (Å²) >= 11 is 6.04. The summed E-state index contributed by atoms with van der Waals surface area (Å²) in [5, 5.41) is 11.8. The zero-order valence-corrected chi connectivity index (χ0v) is 18.7. The maximum Gasteiger partial charge on any atom is 0.229 e. The number of rotatable bonds is 4. The summed E-state index contributed by atoms with van der Waals surface area (Å²) in [5.41, 5.74) is 1.42. The zero-order valence-electron chi connectivity index (χ0n) is 17.9. The van der Waals surface area contributed by atoms with Gasteiger partial charge in [-0.2, -0.15) is 0 Å². The Labute approximate surface area is 195 Å². The van der Waals surface area contributed by atoms with Crippen molar-refractivity contribution in [1.82, 2.24) is 14.8 Å². The van der Waals surface area contributed by atoms with Crippen molar-refractivity contribution in [2.24, 2.45) is 5.92 Å². The molecular formula is C24H23ClFN5O2. The van der Waals surface area contributed by atoms with E-state index in [1.165, 1.54) is 12.1 Å². The lowest BCUT2D eigenvalue weighted by atomic mass is 10.1. The number of nitrogens with zero attached hydrogens (tertiary/aromatic N) is 4. The minimum atomic E-state index is -0.519. The number of fused-ring (bicyclic) bond motifs is 1. The Balaban J connectivity index is 1.34. The second-order valence-corrected chi connectivity index (χ2v) is 8.91. The molecule has 0 saturated carbocycles. The summed E-state index contributed by atoms with van der Waals surface area (Å²) in [4.78, 5) is 27.0. The minimum absolute atomic E-state index is 0.101. The van der Waals surface area contributed by atoms with Gasteiger partial charge in [-0.25, -0.2) is 4.39 Å². The Morgan fingerprint density at radius 2 is 2.00 bits per heavy atom. The second kappa shape index (κ2) is 8.94. The summed E-state index contributed by atoms with van der Waals surface area (Å²) in [7, 11) is 0. The molecule has 2 aliphatic rings. The normalized spacial score (nSPS) is 18.2. The zero-order chi connectivity index (χ0) is 22.9. The van der Waals surface area contributed by atoms with Crippen molar-refractivity contribution in [2.45, 2.75) is 38.6 Å². The molecule has 0 bridgehead atoms. The number of amides is 2. The van der Waals surface area contributed by atoms with Crippen LogP contribution in [0.2, 0.25) is 5.02 Å². The van der Waals surface area contributed by atoms with Gasteiger partial charge in [0.1, 0.15) is 11.6 Å². The highest BCUT2D eigenvalue weighted by Crippen LogP contribution is 2.30. The lowest BCUT2D eigenvalue weighted by Crippen LogP contribution is -2.28. The Bertz CT molecular complexity index is 1230. The van der Waals surface area contributed by atoms with Crippen LogP contribution >= 0.6 is 11.6 Å². The van der Waals surface area contributed by atoms with Crippen LogP contribution in [0.1, 0.15) is 31.5 Å². The number of nitrogens with one attached hydrogen (secondary N) is 1. The molecule has 1 N–H and O–H groups in total. The molecule has 9 heteroatoms. The van der Waals surface area contributed by atoms with Crippen LogP contribution in [0.25, 0.3) is 11.4 Å². The topological polar surface area (TPSA) is 80.1 Å². The van der Waals surface area contributed by atoms with Gasteiger partial charge in [0.15, 0.2) is 5.82 Å². The first kappa shape index (κ1) is 21.6. The Morgan fingerprint density at radius 1 is 1.12 bits per heavy atom. The molecule has 33 heavy (non-hydrogen) atoms. The first-order chi connectivity index (χ1) is 16.0. The van der Waals surface area contributed by atoms with E-state index in [9.17, 15) is 14.0 Å². The number of anilines is 2. The molecule has 5 rings (SSSR count). The van der Waals surface area contributed by atoms with E-state index in [4.69, 9.17) is 11.6 Å². The first-order valence-corrected chi connectivity index (χ1v) is 11.5. The fraction of sp³-hybridized carbons (Fsp3) is 0.333. The predicted molar refractivity (Wildman–Crippen MR) is 124 cm³/mol. The molecule has 7 nitrogen and oxygen atoms in total. The van der Waals surface area contributed by atoms with Crippen molar-refractivity contribution in [3.8, 4) is 11.4 Å². The fourth-order valence-electron chi connectivity index (χ4n) is 4.48. The molecule has 3 heterocycles. The van der Waals surface area contributed by atoms with Crippen molar-refractivity contribution in [3.05, 3.63) is 59.1 Å². The van der Waals surface area contributed by atoms with E-state index in [2.05, 4.69) is 15.5 Å². The molecule has 1 fully saturated rings. The third-order valence-electron chi connectivity index (χ3n) is 6.20. The number of aromatic nitrogens is 3. The summed E-state index contributed by atoms with van der Waals surface area (Å²) in [6, 6.07) is 11.4. The third kappa shape index (κ3) is 4.35. The van der Waals surface area contributed by atoms with Gasteiger partial charge in [-0.1, -0.05) is 24.1 Å². The summed E-state index contributed by atoms with van der Waals surface area (Å²) in [6.45, 7) is 1.01. The first-order valence-electron chi connectivity index (χ1n) is 11.1. The molecule has 0 radical (unpaired) electrons. The Hall–Kier alpha value is -3.26. The monoisotopic (exact) mass is 467 g/mol. The molecule has 1 unspecified atom stereocenters. The average Bonchev–Trinajstić information content (AvgIpc) is 3.30. The van der Waals surface area contributed by atoms with Crippen molar-refractivity contribution >= 4 is 34.8 Å². The summed E-state index contributed by atoms with van der Waals surface area (Å²) < 4.78 is 16.7. The van der Waals surface area contributed by atoms with Gasteiger partial charge in [-0.05, 0) is 49.2 Å². The Morgan fingerprint density at radius 3 is 2.85 bits per heavy atom. The van der Waals surface area contributed by atoms with Gasteiger partial charge in [0.05, 0.1) is 11.5 Å². The molecule has 2 amide bonds. The smallest absolute Gasteiger partial charge is 0.229 e. The van der Waals surface area contributed by atoms with Crippen LogP contribution in [0.3, 0.4) is 0 Å². The fourth-order valence-corrected chi connectivity index (χ4v) is 4.66. The lowest BCUT2D eigenvalue weighted by molar-refractivity contribution is -0.122. The highest BCUT2D eigenvalue weighted by molar-refractivity contribution is 6.31. The van der Waals surface area contributed by atoms with Crippen LogP contribution in [0.15, 0.2) is 42.5 Å². The van der Waals surface area contributed by atoms with Gasteiger partial charge in [0, 0.05) is 42.3 Å². The maximum atomic E-state index is 14.7. The molecular weight excluding hydrogens is 445 g/mol. The molecule has 0 spiro atoms. The van der Waals surface area contributed by atoms with Crippen LogP contribution < -0.4 is 10.2 Å². The standard InChI is InChI=1S/C24H23ClFN5O2/c25-16-5-4-6-18(12-16)31-14-15(11-22(31)32)24(33)27-17-8-9-20(26)19(13-17)23-29-28-21-7-2-1-3-10-30(21)23/h4-6,8-9,12-13,15H,1-3,7,10-11,14H2,(H,27,33). The minimum Gasteiger partial charge on any atom is -0.326 e. The van der Waals surface area contributed by atoms with E-state index >= 15 is 0 Å². The largest absolute Gasteiger partial charge is 0.326 e. The average molecular weight is 468 g/mol. The van der Waals surface area contributed by atoms with E-state index in [1.807, 2.05) is 4.57 Å². The predicted octanol–water partition coefficient (Wildman–Crippen LogP) is 4.46. The van der Waals surface area contributed by atoms with E-state index in [1.54, 1.807) is 35.2 Å². The van der Waals surface area contributed by atoms with Crippen molar-refractivity contribution in [3.63, 3.8) is 0 Å². The number of hydrogen-bond donors (Lipinski definition) is 1. The van der Waals surface area contributed by atoms with E-state index in [-0.39, 0.29) is 24.8 Å². The van der Waals surface area contributed by atoms with Crippen molar-refractivity contribution < 1.29 is 14.0 Å². The molecule has 1 saturated heterocycles. The van der Waals surface area contributed by atoms with Gasteiger partial charge < -0.3 is 14.8 Å². The van der Waals surface area contributed by atoms with Gasteiger partial charge >= 0.3 is 0 Å². The van der Waals surface area contributed by atoms with Crippen LogP contribution in [-0.4, -0.2) is 33.1 Å². The van der Waals surface area contributed by atoms with Gasteiger partial charge in [0.2, 0.25) is 11.8 Å². The summed E-state index contributed by atoms with van der Waals surface area (Å²) in [6.07, 6.45) is 4.07. The third-order valence-corrected chi connectivity index (χ3v) is 6.44. The highest BCUT2D eigenvalue weighted by atomic mass is 35.5. The maximum absolute atomic E-state index is 14.7. The van der Waals surface area contributed by atoms with Gasteiger partial charge in [-0.3, -0.25) is 9.59 Å². The number of carbonyl (C=O) groups is 2. The van der Waals surface area contributed by atoms with E-state index < -0.39 is 11.7 Å². The Kier molecular flexibility index (Phi) is 5.85. The second-order valence-electron chi connectivity index (χ2n) is 8.47. The molecule has 170 valence electrons. The summed E-state index contributed by atoms with van der Waals surface area (Å²) in [5.74, 6) is -0.0237. The number of benzene rings is 2. The van der Waals surface area contributed by atoms with Gasteiger partial charge in [0.25, 0.3) is 0 Å². The molecule has 1 atom stereocenters. The van der Waals surface area contributed by atoms with E-state index in [0.717, 1.165) is 38.1 Å². The molecule has 2 aliphatic heterocycles. The van der Waals surface area contributed by atoms with Crippen LogP contribution in [0.4, 0.5) is 15.8 Å². The molecule has 0 aliphatic carbocycles. The molecule has 1 aromatic heterocycles. The van der Waals surface area contributed by atoms with Crippen LogP contribution in [0.5, 0.6) is 0 Å². The van der Waals surface area contributed by atoms with Crippen molar-refractivity contribution in [2.75, 3.05) is 16.8 Å². The lowest BCUT2D eigenvalue weighted by Gasteiger charge is -2.17. The van der Waals surface area contributed by atoms with Crippen LogP contribution in [0, 0.1) is 11.7 Å². The quantitative estimate of drug-likeness (QED) is 0.614. The number of hydrogen-bond acceptors (Lipinski definition) is 4. The van der Waals surface area contributed by atoms with Crippen molar-refractivity contribution in [1.29, 1.82) is 0 Å². The van der Waals surface area contributed by atoms with Gasteiger partial charge in [-0.15, -0.1) is 10.2 Å². The number of halogens is 2. The highest BCUT2D eigenvalue weighted by Gasteiger charge is 2.35. The van der Waals surface area contributed by atoms with Crippen LogP contribution in [-0.2, 0) is 22.6 Å². The SMILES string of the molecule is O=C(Nc1ccc(F)c(-c2nnc3n2CCCCC3)c1)C1CC(=O)N(c2cccc(Cl)c2)C1. The molecule has 3 aromatic rings. The number of carbonyl (C=O) groups excluding carboxylic acids is 2. The van der Waals surface area contributed by atoms with E-state index in [0.29, 0.717) is 27.8 Å². The molecule has 2 aromatic carbocycles.